The van der Waals surface area contributed by atoms with Crippen molar-refractivity contribution >= 4 is 5.97 Å². The highest BCUT2D eigenvalue weighted by atomic mass is 19.1. The summed E-state index contributed by atoms with van der Waals surface area (Å²) < 4.78 is 22.9. The lowest BCUT2D eigenvalue weighted by molar-refractivity contribution is -0.141. The van der Waals surface area contributed by atoms with Crippen LogP contribution in [0.25, 0.3) is 11.3 Å². The van der Waals surface area contributed by atoms with E-state index in [9.17, 15) is 14.3 Å². The van der Waals surface area contributed by atoms with E-state index >= 15 is 0 Å². The molecule has 2 aromatic rings. The Balaban J connectivity index is 1.36. The minimum atomic E-state index is -0.839. The molecule has 1 aromatic carbocycles. The highest BCUT2D eigenvalue weighted by Gasteiger charge is 2.49. The third-order valence-electron chi connectivity index (χ3n) is 8.55. The summed E-state index contributed by atoms with van der Waals surface area (Å²) in [7, 11) is 0. The van der Waals surface area contributed by atoms with Crippen LogP contribution in [0, 0.1) is 23.1 Å². The molecule has 7 heteroatoms. The number of fused-ring (bicyclic) bond motifs is 5. The molecule has 0 spiro atoms. The maximum absolute atomic E-state index is 14.9. The molecule has 2 N–H and O–H groups in total. The first-order valence-corrected chi connectivity index (χ1v) is 12.2. The van der Waals surface area contributed by atoms with Crippen molar-refractivity contribution in [2.75, 3.05) is 6.61 Å². The van der Waals surface area contributed by atoms with Crippen LogP contribution in [0.15, 0.2) is 30.7 Å². The Labute approximate surface area is 193 Å². The maximum atomic E-state index is 14.9. The summed E-state index contributed by atoms with van der Waals surface area (Å²) in [5.41, 5.74) is 2.19. The summed E-state index contributed by atoms with van der Waals surface area (Å²) in [6.07, 6.45) is 9.28. The van der Waals surface area contributed by atoms with E-state index in [4.69, 9.17) is 9.84 Å². The summed E-state index contributed by atoms with van der Waals surface area (Å²) in [6.45, 7) is 2.39. The molecule has 2 fully saturated rings. The van der Waals surface area contributed by atoms with Gasteiger partial charge in [0, 0.05) is 11.1 Å². The number of aliphatic hydroxyl groups excluding tert-OH is 1. The Morgan fingerprint density at radius 1 is 1.36 bits per heavy atom. The number of carboxylic acids is 1. The number of rotatable bonds is 8. The fraction of sp³-hybridized carbons (Fsp3) is 0.615. The normalized spacial score (nSPS) is 31.1. The maximum Gasteiger partial charge on any atom is 0.305 e. The molecule has 1 aliphatic heterocycles. The quantitative estimate of drug-likeness (QED) is 0.596. The van der Waals surface area contributed by atoms with Crippen LogP contribution in [0.4, 0.5) is 4.39 Å². The molecule has 5 unspecified atom stereocenters. The van der Waals surface area contributed by atoms with Gasteiger partial charge in [-0.1, -0.05) is 19.1 Å². The minimum absolute atomic E-state index is 0.0219. The lowest BCUT2D eigenvalue weighted by atomic mass is 9.56. The number of aliphatic hydroxyl groups is 1. The van der Waals surface area contributed by atoms with Crippen molar-refractivity contribution < 1.29 is 24.1 Å². The molecule has 0 amide bonds. The van der Waals surface area contributed by atoms with E-state index in [-0.39, 0.29) is 36.4 Å². The number of benzene rings is 1. The Bertz CT molecular complexity index is 1020. The van der Waals surface area contributed by atoms with Crippen molar-refractivity contribution in [1.29, 1.82) is 0 Å². The Morgan fingerprint density at radius 2 is 2.21 bits per heavy atom. The zero-order chi connectivity index (χ0) is 23.2. The largest absolute Gasteiger partial charge is 0.481 e. The lowest BCUT2D eigenvalue weighted by Crippen LogP contribution is -2.48. The van der Waals surface area contributed by atoms with E-state index in [1.54, 1.807) is 18.6 Å². The first-order chi connectivity index (χ1) is 15.9. The summed E-state index contributed by atoms with van der Waals surface area (Å²) >= 11 is 0. The monoisotopic (exact) mass is 456 g/mol. The third kappa shape index (κ3) is 3.99. The van der Waals surface area contributed by atoms with Crippen LogP contribution >= 0.6 is 0 Å². The number of carboxylic acid groups (broad SMARTS) is 1. The van der Waals surface area contributed by atoms with Gasteiger partial charge in [0.05, 0.1) is 49.5 Å². The van der Waals surface area contributed by atoms with Gasteiger partial charge in [0.1, 0.15) is 5.82 Å². The molecule has 3 aliphatic rings. The number of imidazole rings is 1. The number of hydrogen-bond acceptors (Lipinski definition) is 4. The fourth-order valence-corrected chi connectivity index (χ4v) is 6.92. The minimum Gasteiger partial charge on any atom is -0.481 e. The molecule has 2 saturated carbocycles. The average Bonchev–Trinajstić information content (AvgIpc) is 3.38. The van der Waals surface area contributed by atoms with Crippen molar-refractivity contribution in [3.8, 4) is 11.3 Å². The molecule has 6 nitrogen and oxygen atoms in total. The molecule has 0 radical (unpaired) electrons. The third-order valence-corrected chi connectivity index (χ3v) is 8.55. The standard InChI is InChI=1S/C26H33FN2O4/c1-2-26(12-16-6-7-22(17(10-16)13-26)33-9-8-24(31)32)23(30)11-20-25-18(4-3-5-19(25)27)21-14-28-15-29(20)21/h3-5,14-17,20,22-23,30H,2,6-13H2,1H3,(H,31,32)/t16?,17-,20?,22?,23?,26?/m1/s1. The van der Waals surface area contributed by atoms with E-state index in [1.165, 1.54) is 6.07 Å². The first-order valence-electron chi connectivity index (χ1n) is 12.2. The number of aliphatic carboxylic acids is 1. The summed E-state index contributed by atoms with van der Waals surface area (Å²) in [6, 6.07) is 4.89. The van der Waals surface area contributed by atoms with Crippen LogP contribution in [0.1, 0.15) is 69.9 Å². The zero-order valence-corrected chi connectivity index (χ0v) is 19.1. The second-order valence-electron chi connectivity index (χ2n) is 10.3. The predicted octanol–water partition coefficient (Wildman–Crippen LogP) is 4.81. The molecule has 33 heavy (non-hydrogen) atoms. The molecule has 1 aromatic heterocycles. The van der Waals surface area contributed by atoms with Crippen LogP contribution < -0.4 is 0 Å². The van der Waals surface area contributed by atoms with E-state index in [0.717, 1.165) is 49.8 Å². The molecule has 178 valence electrons. The SMILES string of the molecule is CCC1(C(O)CC2c3c(F)cccc3-c3cncn32)CC2CCC(OCCC(=O)O)[C@H](C2)C1. The van der Waals surface area contributed by atoms with Crippen LogP contribution in [-0.4, -0.2) is 44.5 Å². The van der Waals surface area contributed by atoms with Crippen molar-refractivity contribution in [2.24, 2.45) is 17.3 Å². The van der Waals surface area contributed by atoms with Crippen molar-refractivity contribution in [1.82, 2.24) is 9.55 Å². The Kier molecular flexibility index (Phi) is 6.04. The van der Waals surface area contributed by atoms with E-state index in [0.29, 0.717) is 23.8 Å². The van der Waals surface area contributed by atoms with Gasteiger partial charge >= 0.3 is 5.97 Å². The highest BCUT2D eigenvalue weighted by Crippen LogP contribution is 2.55. The fourth-order valence-electron chi connectivity index (χ4n) is 6.92. The van der Waals surface area contributed by atoms with Crippen LogP contribution in [0.3, 0.4) is 0 Å². The van der Waals surface area contributed by atoms with Crippen LogP contribution in [0.5, 0.6) is 0 Å². The van der Waals surface area contributed by atoms with Gasteiger partial charge < -0.3 is 19.5 Å². The van der Waals surface area contributed by atoms with Gasteiger partial charge in [-0.25, -0.2) is 9.37 Å². The average molecular weight is 457 g/mol. The van der Waals surface area contributed by atoms with Crippen molar-refractivity contribution in [3.05, 3.63) is 42.1 Å². The molecule has 2 heterocycles. The van der Waals surface area contributed by atoms with E-state index in [1.807, 2.05) is 10.6 Å². The second-order valence-corrected chi connectivity index (χ2v) is 10.3. The van der Waals surface area contributed by atoms with Gasteiger partial charge in [0.2, 0.25) is 0 Å². The number of nitrogens with zero attached hydrogens (tertiary/aromatic N) is 2. The Morgan fingerprint density at radius 3 is 3.00 bits per heavy atom. The summed E-state index contributed by atoms with van der Waals surface area (Å²) in [4.78, 5) is 15.2. The number of halogens is 1. The predicted molar refractivity (Wildman–Crippen MR) is 121 cm³/mol. The molecule has 5 rings (SSSR count). The smallest absolute Gasteiger partial charge is 0.305 e. The summed E-state index contributed by atoms with van der Waals surface area (Å²) in [5, 5.41) is 20.6. The molecular weight excluding hydrogens is 423 g/mol. The lowest BCUT2D eigenvalue weighted by Gasteiger charge is -2.52. The second kappa shape index (κ2) is 8.84. The van der Waals surface area contributed by atoms with Crippen molar-refractivity contribution in [2.45, 2.75) is 76.5 Å². The number of aromatic nitrogens is 2. The van der Waals surface area contributed by atoms with Gasteiger partial charge in [-0.3, -0.25) is 4.79 Å². The van der Waals surface area contributed by atoms with Crippen LogP contribution in [0.2, 0.25) is 0 Å². The molecule has 0 saturated heterocycles. The first kappa shape index (κ1) is 22.5. The van der Waals surface area contributed by atoms with Gasteiger partial charge in [0.25, 0.3) is 0 Å². The zero-order valence-electron chi connectivity index (χ0n) is 19.1. The van der Waals surface area contributed by atoms with Crippen molar-refractivity contribution in [3.63, 3.8) is 0 Å². The molecular formula is C26H33FN2O4. The van der Waals surface area contributed by atoms with E-state index in [2.05, 4.69) is 11.9 Å². The number of ether oxygens (including phenoxy) is 1. The van der Waals surface area contributed by atoms with E-state index < -0.39 is 12.1 Å². The molecule has 2 bridgehead atoms. The van der Waals surface area contributed by atoms with Crippen LogP contribution in [-0.2, 0) is 9.53 Å². The Hall–Kier alpha value is -2.25. The van der Waals surface area contributed by atoms with Gasteiger partial charge in [-0.05, 0) is 68.3 Å². The number of hydrogen-bond donors (Lipinski definition) is 2. The highest BCUT2D eigenvalue weighted by molar-refractivity contribution is 5.69. The summed E-state index contributed by atoms with van der Waals surface area (Å²) in [5.74, 6) is -0.189. The topological polar surface area (TPSA) is 84.6 Å². The number of carbonyl (C=O) groups is 1. The van der Waals surface area contributed by atoms with Gasteiger partial charge in [-0.2, -0.15) is 0 Å². The van der Waals surface area contributed by atoms with Gasteiger partial charge in [0.15, 0.2) is 0 Å². The van der Waals surface area contributed by atoms with Gasteiger partial charge in [-0.15, -0.1) is 0 Å². The molecule has 2 aliphatic carbocycles. The molecule has 6 atom stereocenters.